The number of benzene rings is 1. The number of fused-ring (bicyclic) bond motifs is 1. The van der Waals surface area contributed by atoms with Gasteiger partial charge in [0.1, 0.15) is 5.69 Å². The fraction of sp³-hybridized carbons (Fsp3) is 0.381. The monoisotopic (exact) mass is 401 g/mol. The maximum atomic E-state index is 13.0. The molecule has 2 aromatic heterocycles. The van der Waals surface area contributed by atoms with Crippen LogP contribution in [0.25, 0.3) is 22.0 Å². The highest BCUT2D eigenvalue weighted by Gasteiger charge is 2.31. The van der Waals surface area contributed by atoms with Gasteiger partial charge in [-0.3, -0.25) is 4.98 Å². The number of pyridine rings is 1. The Balaban J connectivity index is 1.74. The first-order valence-corrected chi connectivity index (χ1v) is 9.56. The van der Waals surface area contributed by atoms with E-state index in [1.165, 1.54) is 6.07 Å². The normalized spacial score (nSPS) is 18.2. The van der Waals surface area contributed by atoms with Gasteiger partial charge >= 0.3 is 6.18 Å². The summed E-state index contributed by atoms with van der Waals surface area (Å²) in [5.41, 5.74) is 1.02. The highest BCUT2D eigenvalue weighted by atomic mass is 19.4. The summed E-state index contributed by atoms with van der Waals surface area (Å²) in [6.07, 6.45) is 1.17. The predicted molar refractivity (Wildman–Crippen MR) is 107 cm³/mol. The molecular weight excluding hydrogens is 379 g/mol. The zero-order valence-corrected chi connectivity index (χ0v) is 16.3. The molecule has 1 saturated heterocycles. The van der Waals surface area contributed by atoms with Gasteiger partial charge in [0, 0.05) is 41.3 Å². The minimum Gasteiger partial charge on any atom is -0.364 e. The summed E-state index contributed by atoms with van der Waals surface area (Å²) in [6.45, 7) is 3.66. The fourth-order valence-corrected chi connectivity index (χ4v) is 3.89. The van der Waals surface area contributed by atoms with Crippen molar-refractivity contribution in [1.82, 2.24) is 20.1 Å². The van der Waals surface area contributed by atoms with Crippen molar-refractivity contribution in [3.63, 3.8) is 0 Å². The topological polar surface area (TPSA) is 53.9 Å². The molecule has 1 aliphatic rings. The molecule has 1 atom stereocenters. The lowest BCUT2D eigenvalue weighted by molar-refractivity contribution is -0.137. The number of anilines is 1. The van der Waals surface area contributed by atoms with Crippen LogP contribution < -0.4 is 5.32 Å². The number of likely N-dealkylation sites (N-methyl/N-ethyl adjacent to an activating group) is 1. The molecule has 0 saturated carbocycles. The van der Waals surface area contributed by atoms with E-state index in [1.807, 2.05) is 6.07 Å². The largest absolute Gasteiger partial charge is 0.416 e. The first-order chi connectivity index (χ1) is 13.8. The van der Waals surface area contributed by atoms with Gasteiger partial charge in [-0.1, -0.05) is 6.07 Å². The Labute approximate surface area is 167 Å². The molecule has 0 bridgehead atoms. The molecule has 5 nitrogen and oxygen atoms in total. The Bertz CT molecular complexity index is 1030. The van der Waals surface area contributed by atoms with E-state index < -0.39 is 11.7 Å². The van der Waals surface area contributed by atoms with Gasteiger partial charge in [0.05, 0.1) is 5.56 Å². The number of nitrogens with one attached hydrogen (secondary N) is 1. The fourth-order valence-electron chi connectivity index (χ4n) is 3.89. The van der Waals surface area contributed by atoms with E-state index in [0.29, 0.717) is 22.6 Å². The number of hydrogen-bond acceptors (Lipinski definition) is 5. The second-order valence-corrected chi connectivity index (χ2v) is 7.59. The molecule has 8 heteroatoms. The van der Waals surface area contributed by atoms with Gasteiger partial charge in [-0.2, -0.15) is 13.2 Å². The smallest absolute Gasteiger partial charge is 0.364 e. The van der Waals surface area contributed by atoms with E-state index in [9.17, 15) is 13.2 Å². The van der Waals surface area contributed by atoms with Crippen LogP contribution in [-0.4, -0.2) is 46.3 Å². The van der Waals surface area contributed by atoms with Gasteiger partial charge in [-0.25, -0.2) is 0 Å². The third kappa shape index (κ3) is 4.03. The second kappa shape index (κ2) is 7.59. The van der Waals surface area contributed by atoms with Crippen LogP contribution in [0.15, 0.2) is 36.7 Å². The van der Waals surface area contributed by atoms with Crippen molar-refractivity contribution in [3.8, 4) is 11.3 Å². The number of piperidine rings is 1. The van der Waals surface area contributed by atoms with Crippen LogP contribution in [0, 0.1) is 6.92 Å². The number of likely N-dealkylation sites (tertiary alicyclic amines) is 1. The van der Waals surface area contributed by atoms with Crippen molar-refractivity contribution in [1.29, 1.82) is 0 Å². The van der Waals surface area contributed by atoms with Gasteiger partial charge in [0.2, 0.25) is 0 Å². The number of nitrogens with zero attached hydrogens (tertiary/aromatic N) is 4. The van der Waals surface area contributed by atoms with Gasteiger partial charge in [0.15, 0.2) is 5.82 Å². The van der Waals surface area contributed by atoms with Crippen LogP contribution >= 0.6 is 0 Å². The number of aromatic nitrogens is 3. The molecule has 1 N–H and O–H groups in total. The molecule has 0 radical (unpaired) electrons. The van der Waals surface area contributed by atoms with Crippen molar-refractivity contribution in [2.45, 2.75) is 32.0 Å². The molecule has 152 valence electrons. The van der Waals surface area contributed by atoms with E-state index >= 15 is 0 Å². The van der Waals surface area contributed by atoms with Crippen LogP contribution in [0.2, 0.25) is 0 Å². The van der Waals surface area contributed by atoms with Crippen molar-refractivity contribution >= 4 is 16.6 Å². The summed E-state index contributed by atoms with van der Waals surface area (Å²) in [6, 6.07) is 5.79. The molecule has 1 aromatic carbocycles. The summed E-state index contributed by atoms with van der Waals surface area (Å²) in [4.78, 5) is 6.49. The number of hydrogen-bond donors (Lipinski definition) is 1. The highest BCUT2D eigenvalue weighted by molar-refractivity contribution is 6.00. The van der Waals surface area contributed by atoms with E-state index in [1.54, 1.807) is 19.3 Å². The molecular formula is C21H22F3N5. The Morgan fingerprint density at radius 2 is 1.97 bits per heavy atom. The predicted octanol–water partition coefficient (Wildman–Crippen LogP) is 4.53. The minimum atomic E-state index is -4.37. The Morgan fingerprint density at radius 1 is 1.14 bits per heavy atom. The molecule has 1 aliphatic heterocycles. The van der Waals surface area contributed by atoms with E-state index in [4.69, 9.17) is 0 Å². The van der Waals surface area contributed by atoms with E-state index in [-0.39, 0.29) is 6.04 Å². The summed E-state index contributed by atoms with van der Waals surface area (Å²) in [5.74, 6) is 0.654. The van der Waals surface area contributed by atoms with Crippen LogP contribution in [0.3, 0.4) is 0 Å². The lowest BCUT2D eigenvalue weighted by Gasteiger charge is -2.30. The molecule has 1 fully saturated rings. The molecule has 0 unspecified atom stereocenters. The third-order valence-corrected chi connectivity index (χ3v) is 5.36. The van der Waals surface area contributed by atoms with Crippen LogP contribution in [0.1, 0.15) is 24.0 Å². The molecule has 29 heavy (non-hydrogen) atoms. The summed E-state index contributed by atoms with van der Waals surface area (Å²) in [7, 11) is 2.09. The minimum absolute atomic E-state index is 0.269. The zero-order chi connectivity index (χ0) is 20.6. The number of rotatable bonds is 3. The summed E-state index contributed by atoms with van der Waals surface area (Å²) < 4.78 is 39.0. The average Bonchev–Trinajstić information content (AvgIpc) is 2.68. The van der Waals surface area contributed by atoms with Crippen LogP contribution in [-0.2, 0) is 6.18 Å². The van der Waals surface area contributed by atoms with Crippen molar-refractivity contribution in [2.24, 2.45) is 0 Å². The zero-order valence-electron chi connectivity index (χ0n) is 16.3. The van der Waals surface area contributed by atoms with E-state index in [2.05, 4.69) is 32.4 Å². The average molecular weight is 401 g/mol. The lowest BCUT2D eigenvalue weighted by Crippen LogP contribution is -2.40. The SMILES string of the molecule is Cc1cc(C(F)(F)F)ccc1-c1nnc(N[C@@H]2CCCN(C)C2)c2cnccc12. The number of halogens is 3. The molecule has 0 aliphatic carbocycles. The van der Waals surface area contributed by atoms with Gasteiger partial charge < -0.3 is 10.2 Å². The quantitative estimate of drug-likeness (QED) is 0.699. The number of aryl methyl sites for hydroxylation is 1. The van der Waals surface area contributed by atoms with Gasteiger partial charge in [-0.15, -0.1) is 10.2 Å². The number of alkyl halides is 3. The van der Waals surface area contributed by atoms with Gasteiger partial charge in [0.25, 0.3) is 0 Å². The summed E-state index contributed by atoms with van der Waals surface area (Å²) >= 11 is 0. The Kier molecular flexibility index (Phi) is 5.12. The Morgan fingerprint density at radius 3 is 2.69 bits per heavy atom. The van der Waals surface area contributed by atoms with Crippen LogP contribution in [0.5, 0.6) is 0 Å². The van der Waals surface area contributed by atoms with Crippen LogP contribution in [0.4, 0.5) is 19.0 Å². The molecule has 3 aromatic rings. The van der Waals surface area contributed by atoms with Crippen molar-refractivity contribution in [3.05, 3.63) is 47.8 Å². The maximum absolute atomic E-state index is 13.0. The first kappa shape index (κ1) is 19.6. The molecule has 0 amide bonds. The van der Waals surface area contributed by atoms with Gasteiger partial charge in [-0.05, 0) is 57.1 Å². The van der Waals surface area contributed by atoms with Crippen molar-refractivity contribution < 1.29 is 13.2 Å². The molecule has 3 heterocycles. The van der Waals surface area contributed by atoms with E-state index in [0.717, 1.165) is 48.8 Å². The standard InChI is InChI=1S/C21H22F3N5/c1-13-10-14(21(22,23)24)5-6-16(13)19-17-7-8-25-11-18(17)20(28-27-19)26-15-4-3-9-29(2)12-15/h5-8,10-11,15H,3-4,9,12H2,1-2H3,(H,26,28)/t15-/m1/s1. The first-order valence-electron chi connectivity index (χ1n) is 9.56. The van der Waals surface area contributed by atoms with Crippen molar-refractivity contribution in [2.75, 3.05) is 25.5 Å². The molecule has 4 rings (SSSR count). The second-order valence-electron chi connectivity index (χ2n) is 7.59. The maximum Gasteiger partial charge on any atom is 0.416 e. The Hall–Kier alpha value is -2.74. The highest BCUT2D eigenvalue weighted by Crippen LogP contribution is 2.35. The summed E-state index contributed by atoms with van der Waals surface area (Å²) in [5, 5.41) is 13.8. The molecule has 0 spiro atoms. The lowest BCUT2D eigenvalue weighted by atomic mass is 9.99. The third-order valence-electron chi connectivity index (χ3n) is 5.36.